The van der Waals surface area contributed by atoms with E-state index < -0.39 is 5.60 Å². The van der Waals surface area contributed by atoms with Crippen LogP contribution in [0.15, 0.2) is 12.3 Å². The molecule has 0 aliphatic heterocycles. The average molecular weight is 455 g/mol. The van der Waals surface area contributed by atoms with E-state index >= 15 is 0 Å². The predicted molar refractivity (Wildman–Crippen MR) is 132 cm³/mol. The van der Waals surface area contributed by atoms with E-state index in [0.717, 1.165) is 63.8 Å². The summed E-state index contributed by atoms with van der Waals surface area (Å²) in [4.78, 5) is 18.9. The molecule has 3 aromatic heterocycles. The Morgan fingerprint density at radius 2 is 1.94 bits per heavy atom. The minimum atomic E-state index is -0.664. The second-order valence-corrected chi connectivity index (χ2v) is 10.9. The number of aliphatic hydroxyl groups is 1. The highest BCUT2D eigenvalue weighted by Crippen LogP contribution is 2.39. The van der Waals surface area contributed by atoms with Crippen LogP contribution in [0.4, 0.5) is 11.8 Å². The van der Waals surface area contributed by atoms with Crippen LogP contribution in [0.25, 0.3) is 20.8 Å². The number of nitrogens with zero attached hydrogens (tertiary/aromatic N) is 4. The Morgan fingerprint density at radius 3 is 2.59 bits per heavy atom. The number of fused-ring (bicyclic) bond motifs is 1. The minimum absolute atomic E-state index is 0.259. The molecular formula is C24H34N6OS. The summed E-state index contributed by atoms with van der Waals surface area (Å²) < 4.78 is 1.11. The lowest BCUT2D eigenvalue weighted by Gasteiger charge is -2.25. The van der Waals surface area contributed by atoms with Crippen molar-refractivity contribution in [3.8, 4) is 10.6 Å². The van der Waals surface area contributed by atoms with Gasteiger partial charge in [-0.05, 0) is 64.9 Å². The molecule has 2 unspecified atom stereocenters. The van der Waals surface area contributed by atoms with Gasteiger partial charge in [-0.2, -0.15) is 4.98 Å². The molecule has 2 atom stereocenters. The Balaban J connectivity index is 1.72. The number of aromatic nitrogens is 4. The molecule has 0 radical (unpaired) electrons. The van der Waals surface area contributed by atoms with Crippen LogP contribution < -0.4 is 10.6 Å². The van der Waals surface area contributed by atoms with E-state index in [1.54, 1.807) is 11.3 Å². The molecule has 8 heteroatoms. The summed E-state index contributed by atoms with van der Waals surface area (Å²) in [6.07, 6.45) is 4.76. The fourth-order valence-corrected chi connectivity index (χ4v) is 5.46. The number of aryl methyl sites for hydroxylation is 2. The molecule has 1 aliphatic rings. The molecule has 3 N–H and O–H groups in total. The van der Waals surface area contributed by atoms with Gasteiger partial charge in [0, 0.05) is 18.8 Å². The molecule has 3 aromatic rings. The van der Waals surface area contributed by atoms with Gasteiger partial charge in [0.05, 0.1) is 27.3 Å². The van der Waals surface area contributed by atoms with Crippen molar-refractivity contribution >= 4 is 33.3 Å². The van der Waals surface area contributed by atoms with Crippen molar-refractivity contribution < 1.29 is 5.11 Å². The summed E-state index contributed by atoms with van der Waals surface area (Å²) in [5, 5.41) is 18.4. The monoisotopic (exact) mass is 454 g/mol. The van der Waals surface area contributed by atoms with Crippen LogP contribution in [0, 0.1) is 25.7 Å². The molecule has 4 rings (SSSR count). The maximum atomic E-state index is 10.5. The van der Waals surface area contributed by atoms with Crippen molar-refractivity contribution in [1.29, 1.82) is 0 Å². The molecule has 32 heavy (non-hydrogen) atoms. The minimum Gasteiger partial charge on any atom is -0.390 e. The molecular weight excluding hydrogens is 420 g/mol. The number of thiazole rings is 1. The smallest absolute Gasteiger partial charge is 0.224 e. The molecule has 0 aromatic carbocycles. The second-order valence-electron chi connectivity index (χ2n) is 9.90. The van der Waals surface area contributed by atoms with E-state index in [0.29, 0.717) is 11.9 Å². The van der Waals surface area contributed by atoms with Crippen molar-refractivity contribution in [2.75, 3.05) is 17.2 Å². The van der Waals surface area contributed by atoms with Crippen LogP contribution in [-0.4, -0.2) is 43.2 Å². The molecule has 1 fully saturated rings. The Hall–Kier alpha value is -2.32. The van der Waals surface area contributed by atoms with Crippen LogP contribution in [-0.2, 0) is 0 Å². The third-order valence-electron chi connectivity index (χ3n) is 6.23. The molecule has 3 heterocycles. The van der Waals surface area contributed by atoms with Gasteiger partial charge in [-0.1, -0.05) is 13.8 Å². The Bertz CT molecular complexity index is 1100. The normalized spacial score (nSPS) is 19.1. The van der Waals surface area contributed by atoms with Crippen molar-refractivity contribution in [1.82, 2.24) is 19.9 Å². The zero-order valence-corrected chi connectivity index (χ0v) is 20.7. The highest BCUT2D eigenvalue weighted by atomic mass is 32.1. The Morgan fingerprint density at radius 1 is 1.16 bits per heavy atom. The standard InChI is InChI=1S/C24H34N6OS/c1-13(2)12-26-23-27-14(3)19(22-29-20-15(4)25-10-9-18(20)32-22)21(30-23)28-17-8-7-16(11-17)24(5,6)31/h9-10,13,16-17,31H,7-8,11-12H2,1-6H3,(H2,26,27,28,30). The van der Waals surface area contributed by atoms with Gasteiger partial charge in [-0.3, -0.25) is 4.98 Å². The summed E-state index contributed by atoms with van der Waals surface area (Å²) in [7, 11) is 0. The van der Waals surface area contributed by atoms with Gasteiger partial charge in [-0.25, -0.2) is 9.97 Å². The number of pyridine rings is 1. The average Bonchev–Trinajstić information content (AvgIpc) is 3.34. The number of nitrogens with one attached hydrogen (secondary N) is 2. The van der Waals surface area contributed by atoms with Gasteiger partial charge in [0.1, 0.15) is 16.3 Å². The lowest BCUT2D eigenvalue weighted by atomic mass is 9.89. The SMILES string of the molecule is Cc1nc(NCC(C)C)nc(NC2CCC(C(C)(C)O)C2)c1-c1nc2c(C)nccc2s1. The summed E-state index contributed by atoms with van der Waals surface area (Å²) >= 11 is 1.65. The largest absolute Gasteiger partial charge is 0.390 e. The lowest BCUT2D eigenvalue weighted by Crippen LogP contribution is -2.30. The van der Waals surface area contributed by atoms with E-state index in [9.17, 15) is 5.11 Å². The fraction of sp³-hybridized carbons (Fsp3) is 0.583. The number of hydrogen-bond donors (Lipinski definition) is 3. The van der Waals surface area contributed by atoms with E-state index in [1.165, 1.54) is 0 Å². The summed E-state index contributed by atoms with van der Waals surface area (Å²) in [5.41, 5.74) is 3.05. The van der Waals surface area contributed by atoms with Crippen molar-refractivity contribution in [2.45, 2.75) is 72.4 Å². The quantitative estimate of drug-likeness (QED) is 0.452. The molecule has 0 saturated heterocycles. The van der Waals surface area contributed by atoms with Gasteiger partial charge in [0.2, 0.25) is 5.95 Å². The molecule has 0 spiro atoms. The number of anilines is 2. The highest BCUT2D eigenvalue weighted by Gasteiger charge is 2.35. The van der Waals surface area contributed by atoms with Crippen molar-refractivity contribution in [3.63, 3.8) is 0 Å². The van der Waals surface area contributed by atoms with Crippen LogP contribution >= 0.6 is 11.3 Å². The van der Waals surface area contributed by atoms with E-state index in [-0.39, 0.29) is 12.0 Å². The molecule has 1 saturated carbocycles. The van der Waals surface area contributed by atoms with Crippen LogP contribution in [0.1, 0.15) is 58.3 Å². The van der Waals surface area contributed by atoms with Gasteiger partial charge >= 0.3 is 0 Å². The zero-order chi connectivity index (χ0) is 23.0. The first-order valence-corrected chi connectivity index (χ1v) is 12.3. The lowest BCUT2D eigenvalue weighted by molar-refractivity contribution is 0.0197. The van der Waals surface area contributed by atoms with Gasteiger partial charge in [0.25, 0.3) is 0 Å². The first kappa shape index (κ1) is 22.9. The summed E-state index contributed by atoms with van der Waals surface area (Å²) in [5.74, 6) is 2.23. The predicted octanol–water partition coefficient (Wildman–Crippen LogP) is 5.18. The topological polar surface area (TPSA) is 95.9 Å². The van der Waals surface area contributed by atoms with Gasteiger partial charge < -0.3 is 15.7 Å². The first-order valence-electron chi connectivity index (χ1n) is 11.5. The molecule has 0 bridgehead atoms. The third kappa shape index (κ3) is 4.86. The van der Waals surface area contributed by atoms with Crippen molar-refractivity contribution in [3.05, 3.63) is 23.7 Å². The second kappa shape index (κ2) is 8.90. The molecule has 172 valence electrons. The van der Waals surface area contributed by atoms with Crippen molar-refractivity contribution in [2.24, 2.45) is 11.8 Å². The molecule has 1 aliphatic carbocycles. The van der Waals surface area contributed by atoms with E-state index in [2.05, 4.69) is 29.5 Å². The van der Waals surface area contributed by atoms with Crippen LogP contribution in [0.3, 0.4) is 0 Å². The summed E-state index contributed by atoms with van der Waals surface area (Å²) in [6.45, 7) is 13.0. The number of rotatable bonds is 7. The zero-order valence-electron chi connectivity index (χ0n) is 19.9. The van der Waals surface area contributed by atoms with Crippen LogP contribution in [0.5, 0.6) is 0 Å². The fourth-order valence-electron chi connectivity index (χ4n) is 4.34. The van der Waals surface area contributed by atoms with E-state index in [1.807, 2.05) is 40.0 Å². The number of hydrogen-bond acceptors (Lipinski definition) is 8. The maximum Gasteiger partial charge on any atom is 0.224 e. The Labute approximate surface area is 194 Å². The first-order chi connectivity index (χ1) is 15.1. The molecule has 0 amide bonds. The highest BCUT2D eigenvalue weighted by molar-refractivity contribution is 7.21. The van der Waals surface area contributed by atoms with Crippen LogP contribution in [0.2, 0.25) is 0 Å². The summed E-state index contributed by atoms with van der Waals surface area (Å²) in [6, 6.07) is 2.27. The van der Waals surface area contributed by atoms with Gasteiger partial charge in [-0.15, -0.1) is 11.3 Å². The Kier molecular flexibility index (Phi) is 6.36. The van der Waals surface area contributed by atoms with Gasteiger partial charge in [0.15, 0.2) is 0 Å². The maximum absolute atomic E-state index is 10.5. The third-order valence-corrected chi connectivity index (χ3v) is 7.27. The molecule has 7 nitrogen and oxygen atoms in total. The van der Waals surface area contributed by atoms with E-state index in [4.69, 9.17) is 15.0 Å².